The Morgan fingerprint density at radius 3 is 2.40 bits per heavy atom. The fourth-order valence-corrected chi connectivity index (χ4v) is 3.63. The van der Waals surface area contributed by atoms with Gasteiger partial charge < -0.3 is 14.8 Å². The van der Waals surface area contributed by atoms with Gasteiger partial charge in [0.05, 0.1) is 18.1 Å². The molecule has 1 aromatic carbocycles. The average Bonchev–Trinajstić information content (AvgIpc) is 2.62. The van der Waals surface area contributed by atoms with E-state index in [-0.39, 0.29) is 11.3 Å². The lowest BCUT2D eigenvalue weighted by Gasteiger charge is -2.26. The first-order valence-corrected chi connectivity index (χ1v) is 9.47. The SMILES string of the molecule is CCC(=O)O[C@H](C)C(=O)Nc1ccc(S(=O)(=O)N2CCOCC2)cc1. The molecule has 0 spiro atoms. The number of nitrogens with zero attached hydrogens (tertiary/aromatic N) is 1. The normalized spacial score (nSPS) is 16.9. The number of benzene rings is 1. The molecule has 2 rings (SSSR count). The number of carbonyl (C=O) groups is 2. The van der Waals surface area contributed by atoms with E-state index >= 15 is 0 Å². The molecule has 1 aliphatic rings. The van der Waals surface area contributed by atoms with Crippen LogP contribution in [0.15, 0.2) is 29.2 Å². The summed E-state index contributed by atoms with van der Waals surface area (Å²) in [5.41, 5.74) is 0.422. The number of rotatable bonds is 6. The molecule has 1 atom stereocenters. The van der Waals surface area contributed by atoms with Crippen molar-refractivity contribution >= 4 is 27.6 Å². The number of amides is 1. The molecular formula is C16H22N2O6S. The third kappa shape index (κ3) is 5.00. The minimum Gasteiger partial charge on any atom is -0.453 e. The lowest BCUT2D eigenvalue weighted by Crippen LogP contribution is -2.40. The highest BCUT2D eigenvalue weighted by Crippen LogP contribution is 2.19. The average molecular weight is 370 g/mol. The zero-order chi connectivity index (χ0) is 18.4. The Morgan fingerprint density at radius 1 is 1.24 bits per heavy atom. The van der Waals surface area contributed by atoms with Crippen molar-refractivity contribution in [3.8, 4) is 0 Å². The number of carbonyl (C=O) groups excluding carboxylic acids is 2. The van der Waals surface area contributed by atoms with Crippen LogP contribution in [0.2, 0.25) is 0 Å². The topological polar surface area (TPSA) is 102 Å². The fourth-order valence-electron chi connectivity index (χ4n) is 2.22. The fraction of sp³-hybridized carbons (Fsp3) is 0.500. The number of anilines is 1. The van der Waals surface area contributed by atoms with Gasteiger partial charge in [0.15, 0.2) is 6.10 Å². The molecular weight excluding hydrogens is 348 g/mol. The monoisotopic (exact) mass is 370 g/mol. The van der Waals surface area contributed by atoms with E-state index in [2.05, 4.69) is 5.32 Å². The summed E-state index contributed by atoms with van der Waals surface area (Å²) in [4.78, 5) is 23.3. The van der Waals surface area contributed by atoms with Gasteiger partial charge in [-0.3, -0.25) is 9.59 Å². The smallest absolute Gasteiger partial charge is 0.306 e. The number of nitrogens with one attached hydrogen (secondary N) is 1. The molecule has 1 fully saturated rings. The van der Waals surface area contributed by atoms with Gasteiger partial charge in [-0.2, -0.15) is 4.31 Å². The van der Waals surface area contributed by atoms with E-state index in [1.807, 2.05) is 0 Å². The van der Waals surface area contributed by atoms with Gasteiger partial charge in [-0.1, -0.05) is 6.92 Å². The summed E-state index contributed by atoms with van der Waals surface area (Å²) < 4.78 is 36.5. The van der Waals surface area contributed by atoms with Gasteiger partial charge in [-0.05, 0) is 31.2 Å². The van der Waals surface area contributed by atoms with Crippen molar-refractivity contribution in [2.24, 2.45) is 0 Å². The molecule has 1 amide bonds. The van der Waals surface area contributed by atoms with E-state index in [4.69, 9.17) is 9.47 Å². The van der Waals surface area contributed by atoms with E-state index in [1.165, 1.54) is 35.5 Å². The van der Waals surface area contributed by atoms with Gasteiger partial charge in [0, 0.05) is 25.2 Å². The van der Waals surface area contributed by atoms with Crippen molar-refractivity contribution in [1.82, 2.24) is 4.31 Å². The van der Waals surface area contributed by atoms with Gasteiger partial charge in [0.2, 0.25) is 10.0 Å². The van der Waals surface area contributed by atoms with Gasteiger partial charge >= 0.3 is 5.97 Å². The van der Waals surface area contributed by atoms with E-state index in [1.54, 1.807) is 6.92 Å². The van der Waals surface area contributed by atoms with Crippen LogP contribution in [0.1, 0.15) is 20.3 Å². The van der Waals surface area contributed by atoms with Crippen LogP contribution in [0, 0.1) is 0 Å². The largest absolute Gasteiger partial charge is 0.453 e. The van der Waals surface area contributed by atoms with Crippen LogP contribution in [-0.2, 0) is 29.1 Å². The lowest BCUT2D eigenvalue weighted by molar-refractivity contribution is -0.152. The summed E-state index contributed by atoms with van der Waals surface area (Å²) in [6, 6.07) is 5.87. The molecule has 9 heteroatoms. The van der Waals surface area contributed by atoms with Crippen LogP contribution in [0.5, 0.6) is 0 Å². The predicted octanol–water partition coefficient (Wildman–Crippen LogP) is 0.988. The molecule has 0 saturated carbocycles. The second kappa shape index (κ2) is 8.41. The summed E-state index contributed by atoms with van der Waals surface area (Å²) in [6.45, 7) is 4.51. The number of morpholine rings is 1. The molecule has 0 bridgehead atoms. The second-order valence-corrected chi connectivity index (χ2v) is 7.45. The van der Waals surface area contributed by atoms with Crippen molar-refractivity contribution in [3.05, 3.63) is 24.3 Å². The maximum Gasteiger partial charge on any atom is 0.306 e. The highest BCUT2D eigenvalue weighted by Gasteiger charge is 2.26. The molecule has 1 aliphatic heterocycles. The Kier molecular flexibility index (Phi) is 6.51. The van der Waals surface area contributed by atoms with Crippen molar-refractivity contribution in [1.29, 1.82) is 0 Å². The third-order valence-electron chi connectivity index (χ3n) is 3.70. The molecule has 0 radical (unpaired) electrons. The number of hydrogen-bond acceptors (Lipinski definition) is 6. The van der Waals surface area contributed by atoms with Crippen molar-refractivity contribution in [2.75, 3.05) is 31.6 Å². The summed E-state index contributed by atoms with van der Waals surface area (Å²) >= 11 is 0. The zero-order valence-electron chi connectivity index (χ0n) is 14.2. The van der Waals surface area contributed by atoms with Crippen LogP contribution in [-0.4, -0.2) is 57.0 Å². The summed E-state index contributed by atoms with van der Waals surface area (Å²) in [5, 5.41) is 2.58. The summed E-state index contributed by atoms with van der Waals surface area (Å²) in [6.07, 6.45) is -0.740. The Hall–Kier alpha value is -1.97. The molecule has 0 unspecified atom stereocenters. The number of ether oxygens (including phenoxy) is 2. The van der Waals surface area contributed by atoms with Crippen molar-refractivity contribution in [3.63, 3.8) is 0 Å². The maximum absolute atomic E-state index is 12.5. The molecule has 138 valence electrons. The molecule has 1 aromatic rings. The number of hydrogen-bond donors (Lipinski definition) is 1. The Balaban J connectivity index is 2.02. The van der Waals surface area contributed by atoms with Crippen LogP contribution in [0.3, 0.4) is 0 Å². The second-order valence-electron chi connectivity index (χ2n) is 5.52. The first-order chi connectivity index (χ1) is 11.8. The molecule has 25 heavy (non-hydrogen) atoms. The summed E-state index contributed by atoms with van der Waals surface area (Å²) in [7, 11) is -3.57. The Morgan fingerprint density at radius 2 is 1.84 bits per heavy atom. The number of esters is 1. The van der Waals surface area contributed by atoms with E-state index in [0.29, 0.717) is 32.0 Å². The van der Waals surface area contributed by atoms with Crippen LogP contribution < -0.4 is 5.32 Å². The van der Waals surface area contributed by atoms with Crippen LogP contribution in [0.25, 0.3) is 0 Å². The standard InChI is InChI=1S/C16H22N2O6S/c1-3-15(19)24-12(2)16(20)17-13-4-6-14(7-5-13)25(21,22)18-8-10-23-11-9-18/h4-7,12H,3,8-11H2,1-2H3,(H,17,20)/t12-/m1/s1. The molecule has 1 saturated heterocycles. The molecule has 1 heterocycles. The van der Waals surface area contributed by atoms with Gasteiger partial charge in [-0.15, -0.1) is 0 Å². The van der Waals surface area contributed by atoms with Crippen LogP contribution in [0.4, 0.5) is 5.69 Å². The molecule has 0 aromatic heterocycles. The third-order valence-corrected chi connectivity index (χ3v) is 5.61. The van der Waals surface area contributed by atoms with Crippen molar-refractivity contribution < 1.29 is 27.5 Å². The molecule has 8 nitrogen and oxygen atoms in total. The number of sulfonamides is 1. The van der Waals surface area contributed by atoms with E-state index in [9.17, 15) is 18.0 Å². The zero-order valence-corrected chi connectivity index (χ0v) is 15.0. The quantitative estimate of drug-likeness (QED) is 0.749. The minimum absolute atomic E-state index is 0.151. The van der Waals surface area contributed by atoms with Gasteiger partial charge in [-0.25, -0.2) is 8.42 Å². The van der Waals surface area contributed by atoms with Gasteiger partial charge in [0.25, 0.3) is 5.91 Å². The Labute approximate surface area is 147 Å². The van der Waals surface area contributed by atoms with E-state index in [0.717, 1.165) is 0 Å². The molecule has 0 aliphatic carbocycles. The van der Waals surface area contributed by atoms with Crippen molar-refractivity contribution in [2.45, 2.75) is 31.3 Å². The minimum atomic E-state index is -3.57. The first-order valence-electron chi connectivity index (χ1n) is 8.03. The molecule has 1 N–H and O–H groups in total. The predicted molar refractivity (Wildman–Crippen MR) is 90.5 cm³/mol. The first kappa shape index (κ1) is 19.4. The highest BCUT2D eigenvalue weighted by molar-refractivity contribution is 7.89. The van der Waals surface area contributed by atoms with Crippen LogP contribution >= 0.6 is 0 Å². The highest BCUT2D eigenvalue weighted by atomic mass is 32.2. The van der Waals surface area contributed by atoms with Gasteiger partial charge in [0.1, 0.15) is 0 Å². The lowest BCUT2D eigenvalue weighted by atomic mass is 10.3. The Bertz CT molecular complexity index is 711. The van der Waals surface area contributed by atoms with E-state index < -0.39 is 28.0 Å². The maximum atomic E-state index is 12.5. The summed E-state index contributed by atoms with van der Waals surface area (Å²) in [5.74, 6) is -0.944.